The third-order valence-corrected chi connectivity index (χ3v) is 6.37. The summed E-state index contributed by atoms with van der Waals surface area (Å²) in [5.74, 6) is 0.243. The molecule has 0 N–H and O–H groups in total. The van der Waals surface area contributed by atoms with Gasteiger partial charge in [-0.3, -0.25) is 9.48 Å². The van der Waals surface area contributed by atoms with Crippen LogP contribution in [0, 0.1) is 0 Å². The Morgan fingerprint density at radius 3 is 2.96 bits per heavy atom. The summed E-state index contributed by atoms with van der Waals surface area (Å²) in [4.78, 5) is 16.0. The van der Waals surface area contributed by atoms with Crippen molar-refractivity contribution in [3.8, 4) is 0 Å². The Balaban J connectivity index is 1.37. The predicted octanol–water partition coefficient (Wildman–Crippen LogP) is 2.50. The number of ether oxygens (including phenoxy) is 1. The molecule has 6 heteroatoms. The van der Waals surface area contributed by atoms with Gasteiger partial charge in [0.2, 0.25) is 5.91 Å². The molecule has 0 atom stereocenters. The van der Waals surface area contributed by atoms with Crippen LogP contribution in [0.4, 0.5) is 0 Å². The van der Waals surface area contributed by atoms with E-state index in [9.17, 15) is 4.79 Å². The normalized spacial score (nSPS) is 19.5. The molecule has 2 aromatic heterocycles. The average molecular weight is 345 g/mol. The average Bonchev–Trinajstić information content (AvgIpc) is 3.23. The van der Waals surface area contributed by atoms with Gasteiger partial charge in [-0.2, -0.15) is 5.10 Å². The number of likely N-dealkylation sites (tertiary alicyclic amines) is 1. The zero-order valence-electron chi connectivity index (χ0n) is 14.0. The molecule has 2 aliphatic heterocycles. The number of nitrogens with zero attached hydrogens (tertiary/aromatic N) is 3. The molecular weight excluding hydrogens is 322 g/mol. The molecule has 0 aromatic carbocycles. The number of aromatic nitrogens is 2. The first-order valence-electron chi connectivity index (χ1n) is 8.63. The van der Waals surface area contributed by atoms with Crippen LogP contribution in [0.25, 0.3) is 0 Å². The minimum absolute atomic E-state index is 0.146. The maximum atomic E-state index is 12.5. The largest absolute Gasteiger partial charge is 0.370 e. The Bertz CT molecular complexity index is 728. The highest BCUT2D eigenvalue weighted by atomic mass is 32.1. The molecule has 0 unspecified atom stereocenters. The zero-order chi connectivity index (χ0) is 16.6. The second-order valence-corrected chi connectivity index (χ2v) is 7.68. The van der Waals surface area contributed by atoms with Gasteiger partial charge < -0.3 is 9.64 Å². The van der Waals surface area contributed by atoms with Gasteiger partial charge in [0.1, 0.15) is 0 Å². The molecule has 5 nitrogen and oxygen atoms in total. The van der Waals surface area contributed by atoms with E-state index in [1.54, 1.807) is 6.20 Å². The molecule has 128 valence electrons. The number of carbonyl (C=O) groups excluding carboxylic acids is 1. The van der Waals surface area contributed by atoms with Crippen LogP contribution < -0.4 is 0 Å². The van der Waals surface area contributed by atoms with E-state index in [0.717, 1.165) is 51.1 Å². The predicted molar refractivity (Wildman–Crippen MR) is 93.0 cm³/mol. The summed E-state index contributed by atoms with van der Waals surface area (Å²) in [5.41, 5.74) is 2.34. The van der Waals surface area contributed by atoms with Gasteiger partial charge in [0.25, 0.3) is 0 Å². The lowest BCUT2D eigenvalue weighted by Crippen LogP contribution is -2.48. The second kappa shape index (κ2) is 6.33. The van der Waals surface area contributed by atoms with Crippen molar-refractivity contribution >= 4 is 17.2 Å². The lowest BCUT2D eigenvalue weighted by molar-refractivity contribution is -0.140. The van der Waals surface area contributed by atoms with Crippen molar-refractivity contribution in [3.63, 3.8) is 0 Å². The minimum atomic E-state index is -0.146. The first-order valence-corrected chi connectivity index (χ1v) is 9.51. The fourth-order valence-electron chi connectivity index (χ4n) is 3.93. The van der Waals surface area contributed by atoms with E-state index in [1.807, 2.05) is 34.0 Å². The topological polar surface area (TPSA) is 47.4 Å². The number of rotatable bonds is 3. The molecule has 1 saturated heterocycles. The fraction of sp³-hybridized carbons (Fsp3) is 0.556. The third kappa shape index (κ3) is 2.78. The van der Waals surface area contributed by atoms with Crippen molar-refractivity contribution in [1.82, 2.24) is 14.7 Å². The van der Waals surface area contributed by atoms with Crippen LogP contribution >= 0.6 is 11.3 Å². The van der Waals surface area contributed by atoms with Gasteiger partial charge in [-0.25, -0.2) is 0 Å². The molecule has 4 heterocycles. The van der Waals surface area contributed by atoms with Crippen LogP contribution in [-0.2, 0) is 35.0 Å². The summed E-state index contributed by atoms with van der Waals surface area (Å²) < 4.78 is 8.05. The smallest absolute Gasteiger partial charge is 0.222 e. The molecule has 0 bridgehead atoms. The molecule has 2 aromatic rings. The number of carbonyl (C=O) groups is 1. The van der Waals surface area contributed by atoms with Gasteiger partial charge in [0.05, 0.1) is 12.2 Å². The molecule has 1 amide bonds. The Labute approximate surface area is 146 Å². The van der Waals surface area contributed by atoms with Crippen molar-refractivity contribution in [1.29, 1.82) is 0 Å². The summed E-state index contributed by atoms with van der Waals surface area (Å²) in [5, 5.41) is 6.33. The van der Waals surface area contributed by atoms with E-state index in [4.69, 9.17) is 4.74 Å². The van der Waals surface area contributed by atoms with Gasteiger partial charge in [0.15, 0.2) is 0 Å². The van der Waals surface area contributed by atoms with Crippen molar-refractivity contribution < 1.29 is 9.53 Å². The van der Waals surface area contributed by atoms with Crippen molar-refractivity contribution in [2.75, 3.05) is 19.7 Å². The van der Waals surface area contributed by atoms with Gasteiger partial charge in [0, 0.05) is 49.7 Å². The quantitative estimate of drug-likeness (QED) is 0.859. The Kier molecular flexibility index (Phi) is 4.18. The molecule has 0 saturated carbocycles. The Hall–Kier alpha value is -1.66. The van der Waals surface area contributed by atoms with E-state index < -0.39 is 0 Å². The molecule has 0 aliphatic carbocycles. The number of hydrogen-bond donors (Lipinski definition) is 0. The SMILES string of the molecule is Cn1nccc1CCC(=O)N1CCC2(CC1)OCCc1sccc12. The lowest BCUT2D eigenvalue weighted by atomic mass is 9.82. The lowest BCUT2D eigenvalue weighted by Gasteiger charge is -2.44. The van der Waals surface area contributed by atoms with Crippen molar-refractivity contribution in [2.45, 2.75) is 37.7 Å². The van der Waals surface area contributed by atoms with E-state index in [1.165, 1.54) is 10.4 Å². The molecule has 0 radical (unpaired) electrons. The van der Waals surface area contributed by atoms with Crippen LogP contribution in [0.3, 0.4) is 0 Å². The fourth-order valence-corrected chi connectivity index (χ4v) is 4.88. The second-order valence-electron chi connectivity index (χ2n) is 6.68. The summed E-state index contributed by atoms with van der Waals surface area (Å²) in [7, 11) is 1.92. The minimum Gasteiger partial charge on any atom is -0.370 e. The summed E-state index contributed by atoms with van der Waals surface area (Å²) >= 11 is 1.84. The Morgan fingerprint density at radius 1 is 1.38 bits per heavy atom. The third-order valence-electron chi connectivity index (χ3n) is 5.39. The first kappa shape index (κ1) is 15.8. The number of amides is 1. The van der Waals surface area contributed by atoms with Crippen LogP contribution in [0.2, 0.25) is 0 Å². The van der Waals surface area contributed by atoms with Crippen LogP contribution in [0.1, 0.15) is 35.4 Å². The van der Waals surface area contributed by atoms with E-state index >= 15 is 0 Å². The molecule has 1 fully saturated rings. The molecular formula is C18H23N3O2S. The molecule has 24 heavy (non-hydrogen) atoms. The maximum Gasteiger partial charge on any atom is 0.222 e. The number of hydrogen-bond acceptors (Lipinski definition) is 4. The highest BCUT2D eigenvalue weighted by Gasteiger charge is 2.42. The number of piperidine rings is 1. The van der Waals surface area contributed by atoms with Crippen LogP contribution in [0.15, 0.2) is 23.7 Å². The highest BCUT2D eigenvalue weighted by Crippen LogP contribution is 2.43. The Morgan fingerprint density at radius 2 is 2.21 bits per heavy atom. The van der Waals surface area contributed by atoms with E-state index in [0.29, 0.717) is 6.42 Å². The first-order chi connectivity index (χ1) is 11.7. The number of aryl methyl sites for hydroxylation is 2. The maximum absolute atomic E-state index is 12.5. The highest BCUT2D eigenvalue weighted by molar-refractivity contribution is 7.10. The van der Waals surface area contributed by atoms with Gasteiger partial charge in [-0.1, -0.05) is 0 Å². The number of fused-ring (bicyclic) bond motifs is 2. The summed E-state index contributed by atoms with van der Waals surface area (Å²) in [6, 6.07) is 4.20. The monoisotopic (exact) mass is 345 g/mol. The van der Waals surface area contributed by atoms with Gasteiger partial charge in [-0.15, -0.1) is 11.3 Å². The molecule has 4 rings (SSSR count). The zero-order valence-corrected chi connectivity index (χ0v) is 14.8. The van der Waals surface area contributed by atoms with E-state index in [2.05, 4.69) is 16.5 Å². The van der Waals surface area contributed by atoms with Gasteiger partial charge >= 0.3 is 0 Å². The summed E-state index contributed by atoms with van der Waals surface area (Å²) in [6.07, 6.45) is 5.94. The molecule has 2 aliphatic rings. The van der Waals surface area contributed by atoms with Crippen LogP contribution in [0.5, 0.6) is 0 Å². The van der Waals surface area contributed by atoms with Crippen molar-refractivity contribution in [3.05, 3.63) is 39.8 Å². The standard InChI is InChI=1S/C18H23N3O2S/c1-20-14(4-9-19-20)2-3-17(22)21-10-7-18(8-11-21)15-6-13-24-16(15)5-12-23-18/h4,6,9,13H,2-3,5,7-8,10-12H2,1H3. The summed E-state index contributed by atoms with van der Waals surface area (Å²) in [6.45, 7) is 2.39. The molecule has 1 spiro atoms. The van der Waals surface area contributed by atoms with E-state index in [-0.39, 0.29) is 11.5 Å². The van der Waals surface area contributed by atoms with Crippen molar-refractivity contribution in [2.24, 2.45) is 7.05 Å². The van der Waals surface area contributed by atoms with Crippen LogP contribution in [-0.4, -0.2) is 40.3 Å². The van der Waals surface area contributed by atoms with Gasteiger partial charge in [-0.05, 0) is 42.3 Å². The number of thiophene rings is 1.